The molecule has 3 heterocycles. The lowest BCUT2D eigenvalue weighted by Gasteiger charge is -2.41. The lowest BCUT2D eigenvalue weighted by atomic mass is 9.84. The Bertz CT molecular complexity index is 2050. The molecular weight excluding hydrogens is 814 g/mol. The van der Waals surface area contributed by atoms with Crippen molar-refractivity contribution < 1.29 is 39.0 Å². The van der Waals surface area contributed by atoms with E-state index in [1.165, 1.54) is 23.9 Å². The van der Waals surface area contributed by atoms with E-state index in [1.807, 2.05) is 72.8 Å². The number of carbonyl (C=O) groups excluding carboxylic acids is 4. The van der Waals surface area contributed by atoms with Gasteiger partial charge in [0.15, 0.2) is 0 Å². The van der Waals surface area contributed by atoms with Gasteiger partial charge in [-0.05, 0) is 96.9 Å². The van der Waals surface area contributed by atoms with Crippen molar-refractivity contribution in [1.29, 1.82) is 0 Å². The van der Waals surface area contributed by atoms with E-state index in [0.29, 0.717) is 41.8 Å². The Labute approximate surface area is 367 Å². The maximum atomic E-state index is 14.1. The molecule has 0 aliphatic carbocycles. The molecule has 0 aromatic heterocycles. The van der Waals surface area contributed by atoms with E-state index in [-0.39, 0.29) is 37.0 Å². The summed E-state index contributed by atoms with van der Waals surface area (Å²) in [5.74, 6) is -3.02. The summed E-state index contributed by atoms with van der Waals surface area (Å²) in [7, 11) is 2.71. The van der Waals surface area contributed by atoms with Gasteiger partial charge in [-0.2, -0.15) is 0 Å². The number of amides is 6. The van der Waals surface area contributed by atoms with Crippen LogP contribution in [0, 0.1) is 11.8 Å². The second-order valence-electron chi connectivity index (χ2n) is 17.5. The van der Waals surface area contributed by atoms with Crippen molar-refractivity contribution in [3.05, 3.63) is 100 Å². The van der Waals surface area contributed by atoms with E-state index in [2.05, 4.69) is 4.90 Å². The molecule has 3 aromatic carbocycles. The lowest BCUT2D eigenvalue weighted by Crippen LogP contribution is -2.59. The van der Waals surface area contributed by atoms with Crippen molar-refractivity contribution in [2.45, 2.75) is 101 Å². The van der Waals surface area contributed by atoms with Crippen molar-refractivity contribution in [3.8, 4) is 0 Å². The van der Waals surface area contributed by atoms with Crippen LogP contribution in [-0.4, -0.2) is 105 Å². The fourth-order valence-corrected chi connectivity index (χ4v) is 10.5. The Morgan fingerprint density at radius 3 is 1.29 bits per heavy atom. The first-order valence-corrected chi connectivity index (χ1v) is 21.6. The highest BCUT2D eigenvalue weighted by molar-refractivity contribution is 6.30. The average Bonchev–Trinajstić information content (AvgIpc) is 4.00. The molecule has 6 atom stereocenters. The number of primary amides is 2. The molecule has 6 N–H and O–H groups in total. The predicted molar refractivity (Wildman–Crippen MR) is 234 cm³/mol. The summed E-state index contributed by atoms with van der Waals surface area (Å²) >= 11 is 6.36. The number of hydrogen-bond donors (Lipinski definition) is 4. The van der Waals surface area contributed by atoms with Gasteiger partial charge < -0.3 is 36.4 Å². The molecular formula is C46H58ClN7O8. The molecule has 3 aromatic rings. The molecule has 6 amide bonds. The third-order valence-electron chi connectivity index (χ3n) is 13.4. The smallest absolute Gasteiger partial charge is 0.407 e. The third kappa shape index (κ3) is 7.91. The largest absolute Gasteiger partial charge is 0.465 e. The van der Waals surface area contributed by atoms with Gasteiger partial charge in [-0.25, -0.2) is 9.59 Å². The summed E-state index contributed by atoms with van der Waals surface area (Å²) in [5, 5.41) is 20.1. The predicted octanol–water partition coefficient (Wildman–Crippen LogP) is 6.30. The SMILES string of the molecule is CC(C)[C@@H](C(=O)N1CCC[C@@]1(C(N)=O)c1ccc([C@H]2CC[C@H](c3ccc([C@]4(C(N)=O)CCCN4C(=O)[C@H](C(C)C)N(C)C(=O)O)cc3)N2c2ccc(Cl)cc2)cc1)N(C)C(=O)O. The van der Waals surface area contributed by atoms with Gasteiger partial charge in [-0.3, -0.25) is 29.0 Å². The molecule has 62 heavy (non-hydrogen) atoms. The Balaban J connectivity index is 1.33. The first-order valence-electron chi connectivity index (χ1n) is 21.2. The van der Waals surface area contributed by atoms with Crippen molar-refractivity contribution in [3.63, 3.8) is 0 Å². The van der Waals surface area contributed by atoms with Gasteiger partial charge in [0.1, 0.15) is 23.2 Å². The highest BCUT2D eigenvalue weighted by Crippen LogP contribution is 2.49. The highest BCUT2D eigenvalue weighted by atomic mass is 35.5. The number of likely N-dealkylation sites (tertiary alicyclic amines) is 2. The fourth-order valence-electron chi connectivity index (χ4n) is 10.4. The summed E-state index contributed by atoms with van der Waals surface area (Å²) in [4.78, 5) is 86.4. The number of carbonyl (C=O) groups is 6. The standard InChI is InChI=1S/C46H58ClN7O8/c1-27(2)37(50(5)43(59)60)39(55)52-25-7-23-45(52,41(48)57)31-13-9-29(10-14-31)35-21-22-36(54(35)34-19-17-33(47)18-20-34)30-11-15-32(16-12-30)46(42(49)58)24-8-26-53(46)40(56)38(28(3)4)51(6)44(61)62/h9-20,27-28,35-38H,7-8,21-26H2,1-6H3,(H2,48,57)(H2,49,58)(H,59,60)(H,61,62)/t35-,36-,37+,38+,45+,46+/m1/s1. The number of anilines is 1. The van der Waals surface area contributed by atoms with Crippen molar-refractivity contribution in [2.24, 2.45) is 23.3 Å². The van der Waals surface area contributed by atoms with E-state index >= 15 is 0 Å². The molecule has 0 bridgehead atoms. The summed E-state index contributed by atoms with van der Waals surface area (Å²) in [6, 6.07) is 20.5. The van der Waals surface area contributed by atoms with E-state index < -0.39 is 59.0 Å². The van der Waals surface area contributed by atoms with E-state index in [9.17, 15) is 39.0 Å². The number of hydrogen-bond acceptors (Lipinski definition) is 7. The number of benzene rings is 3. The molecule has 3 aliphatic rings. The minimum atomic E-state index is -1.46. The number of nitrogens with zero attached hydrogens (tertiary/aromatic N) is 5. The monoisotopic (exact) mass is 871 g/mol. The number of likely N-dealkylation sites (N-methyl/N-ethyl adjacent to an activating group) is 2. The molecule has 3 saturated heterocycles. The Hall–Kier alpha value is -5.83. The zero-order valence-corrected chi connectivity index (χ0v) is 36.9. The molecule has 332 valence electrons. The summed E-state index contributed by atoms with van der Waals surface area (Å²) in [5.41, 5.74) is 13.3. The minimum Gasteiger partial charge on any atom is -0.465 e. The van der Waals surface area contributed by atoms with Crippen molar-refractivity contribution in [2.75, 3.05) is 32.1 Å². The van der Waals surface area contributed by atoms with Gasteiger partial charge in [-0.15, -0.1) is 0 Å². The molecule has 0 radical (unpaired) electrons. The number of carboxylic acid groups (broad SMARTS) is 2. The molecule has 0 spiro atoms. The van der Waals surface area contributed by atoms with Gasteiger partial charge in [0.25, 0.3) is 0 Å². The van der Waals surface area contributed by atoms with Crippen LogP contribution in [0.4, 0.5) is 15.3 Å². The Kier molecular flexibility index (Phi) is 13.2. The lowest BCUT2D eigenvalue weighted by molar-refractivity contribution is -0.148. The van der Waals surface area contributed by atoms with Crippen molar-refractivity contribution in [1.82, 2.24) is 19.6 Å². The van der Waals surface area contributed by atoms with Crippen LogP contribution in [0.25, 0.3) is 0 Å². The average molecular weight is 872 g/mol. The normalized spacial score (nSPS) is 23.4. The Morgan fingerprint density at radius 2 is 0.984 bits per heavy atom. The molecule has 3 aliphatic heterocycles. The van der Waals surface area contributed by atoms with E-state index in [0.717, 1.165) is 39.5 Å². The van der Waals surface area contributed by atoms with Gasteiger partial charge in [0.05, 0.1) is 12.1 Å². The third-order valence-corrected chi connectivity index (χ3v) is 13.6. The minimum absolute atomic E-state index is 0.130. The van der Waals surface area contributed by atoms with Gasteiger partial charge in [-0.1, -0.05) is 87.8 Å². The zero-order chi connectivity index (χ0) is 45.4. The second-order valence-corrected chi connectivity index (χ2v) is 18.0. The topological polar surface area (TPSA) is 211 Å². The van der Waals surface area contributed by atoms with Crippen LogP contribution < -0.4 is 16.4 Å². The van der Waals surface area contributed by atoms with Gasteiger partial charge >= 0.3 is 12.2 Å². The highest BCUT2D eigenvalue weighted by Gasteiger charge is 2.54. The van der Waals surface area contributed by atoms with Crippen LogP contribution in [0.5, 0.6) is 0 Å². The van der Waals surface area contributed by atoms with Crippen LogP contribution in [0.15, 0.2) is 72.8 Å². The molecule has 0 saturated carbocycles. The van der Waals surface area contributed by atoms with Crippen LogP contribution in [0.1, 0.15) is 101 Å². The van der Waals surface area contributed by atoms with E-state index in [1.54, 1.807) is 27.7 Å². The fraction of sp³-hybridized carbons (Fsp3) is 0.478. The molecule has 3 fully saturated rings. The van der Waals surface area contributed by atoms with Crippen LogP contribution >= 0.6 is 11.6 Å². The molecule has 0 unspecified atom stereocenters. The number of rotatable bonds is 13. The summed E-state index contributed by atoms with van der Waals surface area (Å²) in [6.45, 7) is 7.58. The maximum Gasteiger partial charge on any atom is 0.407 e. The zero-order valence-electron chi connectivity index (χ0n) is 36.2. The molecule has 15 nitrogen and oxygen atoms in total. The summed E-state index contributed by atoms with van der Waals surface area (Å²) in [6.07, 6.45) is 0.637. The van der Waals surface area contributed by atoms with Gasteiger partial charge in [0, 0.05) is 37.9 Å². The molecule has 6 rings (SSSR count). The summed E-state index contributed by atoms with van der Waals surface area (Å²) < 4.78 is 0. The molecule has 16 heteroatoms. The van der Waals surface area contributed by atoms with Crippen LogP contribution in [0.2, 0.25) is 5.02 Å². The number of nitrogens with two attached hydrogens (primary N) is 2. The Morgan fingerprint density at radius 1 is 0.629 bits per heavy atom. The van der Waals surface area contributed by atoms with Crippen LogP contribution in [-0.2, 0) is 30.3 Å². The first kappa shape index (κ1) is 45.7. The van der Waals surface area contributed by atoms with Crippen LogP contribution in [0.3, 0.4) is 0 Å². The number of halogens is 1. The van der Waals surface area contributed by atoms with E-state index in [4.69, 9.17) is 23.1 Å². The first-order chi connectivity index (χ1) is 29.3. The quantitative estimate of drug-likeness (QED) is 0.152. The maximum absolute atomic E-state index is 14.1. The second kappa shape index (κ2) is 17.9. The van der Waals surface area contributed by atoms with Crippen molar-refractivity contribution >= 4 is 53.1 Å². The van der Waals surface area contributed by atoms with Gasteiger partial charge in [0.2, 0.25) is 23.6 Å².